The molecule has 1 atom stereocenters. The van der Waals surface area contributed by atoms with Crippen LogP contribution >= 0.6 is 11.8 Å². The summed E-state index contributed by atoms with van der Waals surface area (Å²) in [5.74, 6) is 0.649. The van der Waals surface area contributed by atoms with Gasteiger partial charge in [0.2, 0.25) is 11.1 Å². The van der Waals surface area contributed by atoms with Gasteiger partial charge in [0.1, 0.15) is 5.75 Å². The van der Waals surface area contributed by atoms with Crippen molar-refractivity contribution in [3.05, 3.63) is 54.1 Å². The number of methoxy groups -OCH3 is 1. The number of benzene rings is 2. The third-order valence-corrected chi connectivity index (χ3v) is 4.85. The molecule has 3 aromatic rings. The molecule has 7 nitrogen and oxygen atoms in total. The monoisotopic (exact) mass is 369 g/mol. The number of nitrogens with zero attached hydrogens (tertiary/aromatic N) is 4. The third kappa shape index (κ3) is 4.02. The number of aryl methyl sites for hydroxylation is 1. The largest absolute Gasteiger partial charge is 0.497 e. The smallest absolute Gasteiger partial charge is 0.237 e. The molecule has 1 N–H and O–H groups in total. The fourth-order valence-electron chi connectivity index (χ4n) is 2.30. The Hall–Kier alpha value is -2.87. The molecule has 0 saturated carbocycles. The van der Waals surface area contributed by atoms with E-state index < -0.39 is 0 Å². The van der Waals surface area contributed by atoms with Crippen LogP contribution in [0.25, 0.3) is 5.69 Å². The van der Waals surface area contributed by atoms with Crippen molar-refractivity contribution in [3.8, 4) is 11.4 Å². The first-order valence-electron chi connectivity index (χ1n) is 8.04. The van der Waals surface area contributed by atoms with Gasteiger partial charge in [-0.1, -0.05) is 30.0 Å². The second kappa shape index (κ2) is 8.01. The lowest BCUT2D eigenvalue weighted by Crippen LogP contribution is -2.23. The summed E-state index contributed by atoms with van der Waals surface area (Å²) in [5.41, 5.74) is 2.62. The van der Waals surface area contributed by atoms with Crippen LogP contribution in [0.2, 0.25) is 0 Å². The number of thioether (sulfide) groups is 1. The molecular weight excluding hydrogens is 350 g/mol. The summed E-state index contributed by atoms with van der Waals surface area (Å²) in [6, 6.07) is 15.1. The maximum atomic E-state index is 12.5. The first-order chi connectivity index (χ1) is 12.6. The van der Waals surface area contributed by atoms with Crippen LogP contribution in [-0.2, 0) is 4.79 Å². The lowest BCUT2D eigenvalue weighted by atomic mass is 10.2. The predicted octanol–water partition coefficient (Wildman–Crippen LogP) is 3.10. The van der Waals surface area contributed by atoms with E-state index in [1.54, 1.807) is 11.8 Å². The minimum Gasteiger partial charge on any atom is -0.497 e. The van der Waals surface area contributed by atoms with E-state index in [0.29, 0.717) is 5.16 Å². The number of amides is 1. The molecule has 2 aromatic carbocycles. The van der Waals surface area contributed by atoms with E-state index in [4.69, 9.17) is 4.74 Å². The normalized spacial score (nSPS) is 11.8. The standard InChI is InChI=1S/C18H19N5O2S/c1-12-6-4-5-7-16(12)19-17(24)13(2)26-18-20-21-22-23(18)14-8-10-15(25-3)11-9-14/h4-11,13H,1-3H3,(H,19,24). The van der Waals surface area contributed by atoms with Gasteiger partial charge in [-0.2, -0.15) is 4.68 Å². The van der Waals surface area contributed by atoms with E-state index in [1.807, 2.05) is 62.4 Å². The van der Waals surface area contributed by atoms with E-state index in [1.165, 1.54) is 11.8 Å². The number of nitrogens with one attached hydrogen (secondary N) is 1. The second-order valence-electron chi connectivity index (χ2n) is 5.64. The van der Waals surface area contributed by atoms with E-state index in [2.05, 4.69) is 20.8 Å². The van der Waals surface area contributed by atoms with Gasteiger partial charge in [0, 0.05) is 5.69 Å². The second-order valence-corrected chi connectivity index (χ2v) is 6.94. The Morgan fingerprint density at radius 3 is 2.62 bits per heavy atom. The van der Waals surface area contributed by atoms with Crippen molar-refractivity contribution < 1.29 is 9.53 Å². The molecule has 134 valence electrons. The maximum Gasteiger partial charge on any atom is 0.237 e. The van der Waals surface area contributed by atoms with Crippen molar-refractivity contribution in [1.29, 1.82) is 0 Å². The van der Waals surface area contributed by atoms with Crippen molar-refractivity contribution in [3.63, 3.8) is 0 Å². The highest BCUT2D eigenvalue weighted by molar-refractivity contribution is 8.00. The summed E-state index contributed by atoms with van der Waals surface area (Å²) in [6.45, 7) is 3.78. The van der Waals surface area contributed by atoms with Gasteiger partial charge in [-0.25, -0.2) is 0 Å². The highest BCUT2D eigenvalue weighted by atomic mass is 32.2. The Morgan fingerprint density at radius 1 is 1.19 bits per heavy atom. The van der Waals surface area contributed by atoms with Crippen LogP contribution in [0.15, 0.2) is 53.7 Å². The zero-order chi connectivity index (χ0) is 18.5. The number of rotatable bonds is 6. The van der Waals surface area contributed by atoms with Crippen LogP contribution in [0.5, 0.6) is 5.75 Å². The first kappa shape index (κ1) is 17.9. The minimum atomic E-state index is -0.363. The Balaban J connectivity index is 1.72. The molecule has 0 saturated heterocycles. The van der Waals surface area contributed by atoms with Gasteiger partial charge in [-0.3, -0.25) is 4.79 Å². The molecule has 0 aliphatic heterocycles. The number of para-hydroxylation sites is 1. The van der Waals surface area contributed by atoms with E-state index in [0.717, 1.165) is 22.7 Å². The quantitative estimate of drug-likeness (QED) is 0.673. The highest BCUT2D eigenvalue weighted by Crippen LogP contribution is 2.25. The number of hydrogen-bond donors (Lipinski definition) is 1. The molecule has 0 radical (unpaired) electrons. The van der Waals surface area contributed by atoms with Crippen LogP contribution < -0.4 is 10.1 Å². The van der Waals surface area contributed by atoms with Gasteiger partial charge >= 0.3 is 0 Å². The number of carbonyl (C=O) groups is 1. The average molecular weight is 369 g/mol. The fraction of sp³-hybridized carbons (Fsp3) is 0.222. The van der Waals surface area contributed by atoms with Crippen molar-refractivity contribution >= 4 is 23.4 Å². The molecule has 1 heterocycles. The van der Waals surface area contributed by atoms with Gasteiger partial charge in [0.05, 0.1) is 18.0 Å². The molecule has 0 aliphatic rings. The average Bonchev–Trinajstić information content (AvgIpc) is 3.11. The van der Waals surface area contributed by atoms with Crippen molar-refractivity contribution in [2.45, 2.75) is 24.3 Å². The predicted molar refractivity (Wildman–Crippen MR) is 101 cm³/mol. The van der Waals surface area contributed by atoms with Gasteiger partial charge in [0.15, 0.2) is 0 Å². The number of anilines is 1. The summed E-state index contributed by atoms with van der Waals surface area (Å²) in [5, 5.41) is 14.9. The lowest BCUT2D eigenvalue weighted by Gasteiger charge is -2.13. The maximum absolute atomic E-state index is 12.5. The van der Waals surface area contributed by atoms with E-state index in [9.17, 15) is 4.79 Å². The number of carbonyl (C=O) groups excluding carboxylic acids is 1. The molecule has 0 spiro atoms. The first-order valence-corrected chi connectivity index (χ1v) is 8.92. The molecule has 0 aliphatic carbocycles. The zero-order valence-corrected chi connectivity index (χ0v) is 15.5. The molecule has 26 heavy (non-hydrogen) atoms. The van der Waals surface area contributed by atoms with Gasteiger partial charge in [0.25, 0.3) is 0 Å². The molecule has 0 bridgehead atoms. The van der Waals surface area contributed by atoms with Crippen molar-refractivity contribution in [2.75, 3.05) is 12.4 Å². The Kier molecular flexibility index (Phi) is 5.52. The summed E-state index contributed by atoms with van der Waals surface area (Å²) >= 11 is 1.30. The van der Waals surface area contributed by atoms with Gasteiger partial charge in [-0.15, -0.1) is 5.10 Å². The summed E-state index contributed by atoms with van der Waals surface area (Å²) < 4.78 is 6.76. The van der Waals surface area contributed by atoms with Crippen LogP contribution in [-0.4, -0.2) is 38.5 Å². The molecule has 1 amide bonds. The summed E-state index contributed by atoms with van der Waals surface area (Å²) in [7, 11) is 1.61. The van der Waals surface area contributed by atoms with E-state index >= 15 is 0 Å². The fourth-order valence-corrected chi connectivity index (χ4v) is 3.10. The zero-order valence-electron chi connectivity index (χ0n) is 14.7. The topological polar surface area (TPSA) is 81.9 Å². The third-order valence-electron chi connectivity index (χ3n) is 3.81. The number of aromatic nitrogens is 4. The van der Waals surface area contributed by atoms with Gasteiger partial charge in [-0.05, 0) is 60.2 Å². The minimum absolute atomic E-state index is 0.103. The molecule has 3 rings (SSSR count). The van der Waals surface area contributed by atoms with Crippen LogP contribution in [0, 0.1) is 6.92 Å². The Labute approximate surface area is 155 Å². The Morgan fingerprint density at radius 2 is 1.92 bits per heavy atom. The number of ether oxygens (including phenoxy) is 1. The lowest BCUT2D eigenvalue weighted by molar-refractivity contribution is -0.115. The Bertz CT molecular complexity index is 895. The van der Waals surface area contributed by atoms with Crippen LogP contribution in [0.3, 0.4) is 0 Å². The SMILES string of the molecule is COc1ccc(-n2nnnc2SC(C)C(=O)Nc2ccccc2C)cc1. The molecule has 0 fully saturated rings. The molecule has 1 unspecified atom stereocenters. The van der Waals surface area contributed by atoms with Crippen LogP contribution in [0.4, 0.5) is 5.69 Å². The van der Waals surface area contributed by atoms with Gasteiger partial charge < -0.3 is 10.1 Å². The number of hydrogen-bond acceptors (Lipinski definition) is 6. The molecular formula is C18H19N5O2S. The van der Waals surface area contributed by atoms with E-state index in [-0.39, 0.29) is 11.2 Å². The molecule has 1 aromatic heterocycles. The molecule has 8 heteroatoms. The highest BCUT2D eigenvalue weighted by Gasteiger charge is 2.19. The van der Waals surface area contributed by atoms with Crippen LogP contribution in [0.1, 0.15) is 12.5 Å². The van der Waals surface area contributed by atoms with Crippen molar-refractivity contribution in [1.82, 2.24) is 20.2 Å². The van der Waals surface area contributed by atoms with Crippen molar-refractivity contribution in [2.24, 2.45) is 0 Å². The number of tetrazole rings is 1. The summed E-state index contributed by atoms with van der Waals surface area (Å²) in [4.78, 5) is 12.5. The summed E-state index contributed by atoms with van der Waals surface area (Å²) in [6.07, 6.45) is 0.